The fourth-order valence-corrected chi connectivity index (χ4v) is 13.5. The number of alkyl halides is 18. The summed E-state index contributed by atoms with van der Waals surface area (Å²) in [5.41, 5.74) is 5.57. The number of Topliss-reactive ketones (excluding diaryl/α,β-unsaturated/α-hetero) is 4. The van der Waals surface area contributed by atoms with Gasteiger partial charge in [0.05, 0.1) is 28.5 Å². The number of carbonyl (C=O) groups excluding carboxylic acids is 9. The molecule has 0 spiro atoms. The third-order valence-corrected chi connectivity index (χ3v) is 19.4. The van der Waals surface area contributed by atoms with Crippen LogP contribution in [0, 0.1) is 48.2 Å². The van der Waals surface area contributed by atoms with Gasteiger partial charge < -0.3 is 26.6 Å². The number of nitrogens with zero attached hydrogens (tertiary/aromatic N) is 3. The summed E-state index contributed by atoms with van der Waals surface area (Å²) in [4.78, 5) is 129. The molecule has 36 heteroatoms. The Hall–Kier alpha value is -11.0. The minimum atomic E-state index is -4.76. The number of amides is 5. The second-order valence-corrected chi connectivity index (χ2v) is 28.0. The van der Waals surface area contributed by atoms with Crippen LogP contribution in [-0.2, 0) is 43.2 Å². The number of ketones is 4. The summed E-state index contributed by atoms with van der Waals surface area (Å²) in [6.07, 6.45) is -47.5. The van der Waals surface area contributed by atoms with Gasteiger partial charge in [0.2, 0.25) is 30.1 Å². The zero-order valence-corrected chi connectivity index (χ0v) is 62.9. The lowest BCUT2D eigenvalue weighted by atomic mass is 9.81. The molecule has 10 atom stereocenters. The van der Waals surface area contributed by atoms with Gasteiger partial charge >= 0.3 is 37.1 Å². The third-order valence-electron chi connectivity index (χ3n) is 19.4. The molecule has 3 aliphatic rings. The summed E-state index contributed by atoms with van der Waals surface area (Å²) in [7, 11) is 0. The van der Waals surface area contributed by atoms with E-state index in [-0.39, 0.29) is 11.3 Å². The van der Waals surface area contributed by atoms with Gasteiger partial charge in [-0.2, -0.15) is 79.0 Å². The van der Waals surface area contributed by atoms with E-state index in [1.165, 1.54) is 18.2 Å². The highest BCUT2D eigenvalue weighted by Crippen LogP contribution is 2.39. The molecule has 0 fully saturated rings. The van der Waals surface area contributed by atoms with E-state index in [0.29, 0.717) is 61.7 Å². The van der Waals surface area contributed by atoms with Crippen molar-refractivity contribution < 1.29 is 127 Å². The Labute approximate surface area is 657 Å². The first-order valence-electron chi connectivity index (χ1n) is 36.4. The number of aryl methyl sites for hydroxylation is 1. The van der Waals surface area contributed by atoms with Gasteiger partial charge in [0.15, 0.2) is 11.9 Å². The molecule has 630 valence electrons. The number of aliphatic imine (C=N–C) groups is 3. The van der Waals surface area contributed by atoms with Crippen molar-refractivity contribution in [2.45, 2.75) is 173 Å². The van der Waals surface area contributed by atoms with Crippen LogP contribution in [0.4, 0.5) is 94.8 Å². The number of hydrogen-bond acceptors (Lipinski definition) is 12. The van der Waals surface area contributed by atoms with Gasteiger partial charge in [-0.15, -0.1) is 0 Å². The molecular formula is C81H79F19N8O9. The molecule has 117 heavy (non-hydrogen) atoms. The van der Waals surface area contributed by atoms with E-state index in [0.717, 1.165) is 26.8 Å². The van der Waals surface area contributed by atoms with E-state index in [9.17, 15) is 127 Å². The minimum Gasteiger partial charge on any atom is -0.328 e. The lowest BCUT2D eigenvalue weighted by molar-refractivity contribution is -0.152. The Morgan fingerprint density at radius 2 is 0.692 bits per heavy atom. The van der Waals surface area contributed by atoms with Gasteiger partial charge in [0.1, 0.15) is 23.2 Å². The summed E-state index contributed by atoms with van der Waals surface area (Å²) in [6.45, 7) is 6.04. The van der Waals surface area contributed by atoms with Crippen LogP contribution in [0.5, 0.6) is 0 Å². The minimum absolute atomic E-state index is 0.0777. The standard InChI is InChI=1S/C28H28F6N2O3.C27H26F7N3O3.C26H25F6N3O3/c1-16-19-10-6-7-11-21(19)23(18-8-4-3-5-9-18)35-25(24(16)38)36-26(39)22(13-15-28(32,33)34)20(17(2)37)12-14-27(29,30)31;1-14-5-3-8-20-21(14)36-25(40)23(35-22(20)16-6-4-7-17(28)13-16)37-24(39)19(10-12-27(32,33)34)18(15(2)38)9-11-26(29,30)31;1-15(36)17(11-13-25(27,28)29)18(12-14-26(30,31)32)23(37)35-22-24(38)33-20-10-6-5-9-19(20)21(34-22)16-7-3-2-4-8-16/h3-11,16,20,22,25H,12-15H2,1-2H3,(H,36,39);3-8,13,18-19,23H,9-12H2,1-2H3,(H,36,40)(H,37,39);2-10,17-18,22H,11-14H2,1H3,(H,33,38)(H,35,37)/t16?,20-,22-,25-;18-,19-,23-;17-,18-,22-/m111/s1. The number of benzodiazepines with no additional fused rings is 2. The van der Waals surface area contributed by atoms with Crippen LogP contribution < -0.4 is 26.6 Å². The van der Waals surface area contributed by atoms with Crippen molar-refractivity contribution >= 4 is 81.2 Å². The SMILES string of the molecule is CC(=O)[C@@H](CCC(F)(F)F)[C@@H](CCC(F)(F)F)C(=O)N[C@H]1N=C(c2cccc(F)c2)c2cccc(C)c2NC1=O.CC(=O)[C@@H](CCC(F)(F)F)[C@@H](CCC(F)(F)F)C(=O)N[C@H]1N=C(c2ccccc2)c2ccccc2C(C)C1=O.CC(=O)[C@@H](CCC(F)(F)F)[C@@H](CCC(F)(F)F)C(=O)N[C@H]1N=C(c2ccccc2)c2ccccc2NC1=O. The smallest absolute Gasteiger partial charge is 0.328 e. The van der Waals surface area contributed by atoms with Crippen LogP contribution in [0.1, 0.15) is 155 Å². The summed E-state index contributed by atoms with van der Waals surface area (Å²) in [5.74, 6) is -20.0. The zero-order valence-electron chi connectivity index (χ0n) is 62.9. The highest BCUT2D eigenvalue weighted by atomic mass is 19.4. The van der Waals surface area contributed by atoms with Crippen molar-refractivity contribution in [3.05, 3.63) is 202 Å². The molecule has 6 aromatic carbocycles. The molecular weight excluding hydrogens is 1590 g/mol. The Morgan fingerprint density at radius 1 is 0.376 bits per heavy atom. The number of rotatable bonds is 27. The molecule has 3 heterocycles. The molecule has 0 aromatic heterocycles. The molecule has 5 amide bonds. The first-order valence-corrected chi connectivity index (χ1v) is 36.4. The summed E-state index contributed by atoms with van der Waals surface area (Å²) in [6, 6.07) is 41.1. The normalized spacial score (nSPS) is 18.0. The number of anilines is 2. The van der Waals surface area contributed by atoms with Crippen molar-refractivity contribution in [3.63, 3.8) is 0 Å². The number of halogens is 19. The number of hydrogen-bond donors (Lipinski definition) is 5. The predicted octanol–water partition coefficient (Wildman–Crippen LogP) is 17.5. The molecule has 0 bridgehead atoms. The maximum atomic E-state index is 14.1. The fraction of sp³-hybridized carbons (Fsp3) is 0.407. The van der Waals surface area contributed by atoms with E-state index in [2.05, 4.69) is 41.6 Å². The first-order chi connectivity index (χ1) is 54.5. The fourth-order valence-electron chi connectivity index (χ4n) is 13.5. The van der Waals surface area contributed by atoms with Crippen LogP contribution >= 0.6 is 0 Å². The maximum Gasteiger partial charge on any atom is 0.389 e. The monoisotopic (exact) mass is 1670 g/mol. The summed E-state index contributed by atoms with van der Waals surface area (Å²) in [5, 5.41) is 12.1. The number of benzene rings is 6. The third kappa shape index (κ3) is 28.1. The summed E-state index contributed by atoms with van der Waals surface area (Å²) < 4.78 is 247. The molecule has 0 radical (unpaired) electrons. The molecule has 9 rings (SSSR count). The van der Waals surface area contributed by atoms with Gasteiger partial charge in [-0.1, -0.05) is 140 Å². The Morgan fingerprint density at radius 3 is 1.09 bits per heavy atom. The van der Waals surface area contributed by atoms with Gasteiger partial charge in [-0.05, 0) is 95.5 Å². The van der Waals surface area contributed by atoms with E-state index in [4.69, 9.17) is 0 Å². The van der Waals surface area contributed by atoms with Crippen LogP contribution in [-0.4, -0.2) is 125 Å². The predicted molar refractivity (Wildman–Crippen MR) is 391 cm³/mol. The van der Waals surface area contributed by atoms with E-state index >= 15 is 0 Å². The van der Waals surface area contributed by atoms with Crippen molar-refractivity contribution in [2.75, 3.05) is 10.6 Å². The van der Waals surface area contributed by atoms with Gasteiger partial charge in [-0.3, -0.25) is 48.1 Å². The molecule has 5 N–H and O–H groups in total. The van der Waals surface area contributed by atoms with Crippen LogP contribution in [0.2, 0.25) is 0 Å². The lowest BCUT2D eigenvalue weighted by Gasteiger charge is -2.27. The molecule has 3 aliphatic heterocycles. The number of para-hydroxylation sites is 2. The Balaban J connectivity index is 0.000000243. The van der Waals surface area contributed by atoms with Crippen molar-refractivity contribution in [1.29, 1.82) is 0 Å². The molecule has 0 saturated carbocycles. The first kappa shape index (κ1) is 93.2. The van der Waals surface area contributed by atoms with Crippen LogP contribution in [0.3, 0.4) is 0 Å². The second-order valence-electron chi connectivity index (χ2n) is 28.0. The number of carbonyl (C=O) groups is 9. The van der Waals surface area contributed by atoms with Gasteiger partial charge in [0.25, 0.3) is 11.8 Å². The van der Waals surface area contributed by atoms with Gasteiger partial charge in [0, 0.05) is 113 Å². The van der Waals surface area contributed by atoms with Crippen molar-refractivity contribution in [3.8, 4) is 0 Å². The number of nitrogens with one attached hydrogen (secondary N) is 5. The largest absolute Gasteiger partial charge is 0.389 e. The van der Waals surface area contributed by atoms with Crippen molar-refractivity contribution in [1.82, 2.24) is 16.0 Å². The molecule has 0 saturated heterocycles. The molecule has 0 aliphatic carbocycles. The summed E-state index contributed by atoms with van der Waals surface area (Å²) >= 11 is 0. The molecule has 6 aromatic rings. The van der Waals surface area contributed by atoms with E-state index < -0.39 is 233 Å². The Kier molecular flexibility index (Phi) is 31.7. The average Bonchev–Trinajstić information content (AvgIpc) is 1.60. The van der Waals surface area contributed by atoms with Crippen molar-refractivity contribution in [2.24, 2.45) is 50.5 Å². The van der Waals surface area contributed by atoms with E-state index in [1.54, 1.807) is 141 Å². The second kappa shape index (κ2) is 39.8. The van der Waals surface area contributed by atoms with Gasteiger partial charge in [-0.25, -0.2) is 14.4 Å². The maximum absolute atomic E-state index is 14.1. The molecule has 1 unspecified atom stereocenters. The highest BCUT2D eigenvalue weighted by molar-refractivity contribution is 6.21. The quantitative estimate of drug-likeness (QED) is 0.0307. The van der Waals surface area contributed by atoms with Crippen LogP contribution in [0.25, 0.3) is 0 Å². The Bertz CT molecular complexity index is 4640. The highest BCUT2D eigenvalue weighted by Gasteiger charge is 2.45. The number of fused-ring (bicyclic) bond motifs is 3. The molecule has 17 nitrogen and oxygen atoms in total. The lowest BCUT2D eigenvalue weighted by Crippen LogP contribution is -2.47. The topological polar surface area (TPSA) is 251 Å². The average molecular weight is 1670 g/mol. The van der Waals surface area contributed by atoms with Crippen LogP contribution in [0.15, 0.2) is 167 Å². The van der Waals surface area contributed by atoms with E-state index in [1.807, 2.05) is 0 Å². The zero-order chi connectivity index (χ0) is 86.9.